The molecule has 0 aliphatic carbocycles. The highest BCUT2D eigenvalue weighted by Gasteiger charge is 2.30. The molecule has 2 N–H and O–H groups in total. The van der Waals surface area contributed by atoms with E-state index < -0.39 is 6.10 Å². The van der Waals surface area contributed by atoms with E-state index in [0.717, 1.165) is 5.56 Å². The van der Waals surface area contributed by atoms with Crippen molar-refractivity contribution in [2.45, 2.75) is 19.4 Å². The second kappa shape index (κ2) is 7.90. The molecule has 1 heterocycles. The van der Waals surface area contributed by atoms with Crippen molar-refractivity contribution in [3.63, 3.8) is 0 Å². The first-order chi connectivity index (χ1) is 12.9. The number of rotatable bonds is 5. The summed E-state index contributed by atoms with van der Waals surface area (Å²) in [6.45, 7) is 1.84. The van der Waals surface area contributed by atoms with Crippen LogP contribution in [0, 0.1) is 6.92 Å². The molecule has 0 fully saturated rings. The molecule has 2 aromatic carbocycles. The smallest absolute Gasteiger partial charge is 0.266 e. The van der Waals surface area contributed by atoms with Gasteiger partial charge in [0.25, 0.3) is 5.91 Å². The van der Waals surface area contributed by atoms with Gasteiger partial charge in [0.15, 0.2) is 6.10 Å². The van der Waals surface area contributed by atoms with Crippen LogP contribution in [0.1, 0.15) is 12.0 Å². The second-order valence-corrected chi connectivity index (χ2v) is 6.46. The van der Waals surface area contributed by atoms with E-state index in [0.29, 0.717) is 17.1 Å². The highest BCUT2D eigenvalue weighted by Crippen LogP contribution is 2.29. The Balaban J connectivity index is 1.54. The van der Waals surface area contributed by atoms with Gasteiger partial charge in [-0.15, -0.1) is 0 Å². The number of fused-ring (bicyclic) bond motifs is 1. The van der Waals surface area contributed by atoms with Crippen LogP contribution in [0.15, 0.2) is 48.5 Å². The molecule has 7 nitrogen and oxygen atoms in total. The zero-order valence-corrected chi connectivity index (χ0v) is 15.2. The number of nitrogens with one attached hydrogen (secondary N) is 2. The molecule has 0 aromatic heterocycles. The van der Waals surface area contributed by atoms with Gasteiger partial charge in [-0.2, -0.15) is 0 Å². The third-order valence-electron chi connectivity index (χ3n) is 4.21. The lowest BCUT2D eigenvalue weighted by molar-refractivity contribution is -0.137. The van der Waals surface area contributed by atoms with Crippen molar-refractivity contribution in [1.29, 1.82) is 0 Å². The van der Waals surface area contributed by atoms with Crippen molar-refractivity contribution >= 4 is 29.1 Å². The SMILES string of the molecule is Cc1ccc(NC(=O)CN(C)C(=O)C[C@@H]2Oc3ccccc3NC2=O)cc1. The van der Waals surface area contributed by atoms with Gasteiger partial charge >= 0.3 is 0 Å². The van der Waals surface area contributed by atoms with Crippen molar-refractivity contribution in [2.24, 2.45) is 0 Å². The molecular weight excluding hydrogens is 346 g/mol. The zero-order chi connectivity index (χ0) is 19.4. The molecule has 2 aromatic rings. The molecule has 0 spiro atoms. The fraction of sp³-hybridized carbons (Fsp3) is 0.250. The Morgan fingerprint density at radius 2 is 1.85 bits per heavy atom. The Morgan fingerprint density at radius 3 is 2.59 bits per heavy atom. The van der Waals surface area contributed by atoms with E-state index in [1.807, 2.05) is 19.1 Å². The average Bonchev–Trinajstić information content (AvgIpc) is 2.64. The molecule has 140 valence electrons. The van der Waals surface area contributed by atoms with Crippen molar-refractivity contribution in [2.75, 3.05) is 24.2 Å². The monoisotopic (exact) mass is 367 g/mol. The molecule has 1 aliphatic rings. The van der Waals surface area contributed by atoms with Gasteiger partial charge in [-0.3, -0.25) is 14.4 Å². The van der Waals surface area contributed by atoms with Crippen LogP contribution < -0.4 is 15.4 Å². The van der Waals surface area contributed by atoms with Gasteiger partial charge in [-0.1, -0.05) is 29.8 Å². The number of hydrogen-bond acceptors (Lipinski definition) is 4. The topological polar surface area (TPSA) is 87.7 Å². The molecular formula is C20H21N3O4. The van der Waals surface area contributed by atoms with Gasteiger partial charge in [0.1, 0.15) is 5.75 Å². The van der Waals surface area contributed by atoms with Gasteiger partial charge in [-0.05, 0) is 31.2 Å². The molecule has 0 saturated heterocycles. The molecule has 1 aliphatic heterocycles. The highest BCUT2D eigenvalue weighted by atomic mass is 16.5. The van der Waals surface area contributed by atoms with Crippen LogP contribution in [0.5, 0.6) is 5.75 Å². The number of hydrogen-bond donors (Lipinski definition) is 2. The number of ether oxygens (including phenoxy) is 1. The maximum absolute atomic E-state index is 12.4. The maximum Gasteiger partial charge on any atom is 0.266 e. The summed E-state index contributed by atoms with van der Waals surface area (Å²) in [5, 5.41) is 5.46. The van der Waals surface area contributed by atoms with Crippen LogP contribution >= 0.6 is 0 Å². The molecule has 3 amide bonds. The van der Waals surface area contributed by atoms with E-state index in [-0.39, 0.29) is 30.7 Å². The van der Waals surface area contributed by atoms with Crippen LogP contribution in [0.4, 0.5) is 11.4 Å². The number of carbonyl (C=O) groups is 3. The summed E-state index contributed by atoms with van der Waals surface area (Å²) in [5.74, 6) is -0.517. The molecule has 27 heavy (non-hydrogen) atoms. The molecule has 0 saturated carbocycles. The number of benzene rings is 2. The molecule has 1 atom stereocenters. The van der Waals surface area contributed by atoms with Crippen LogP contribution in [-0.2, 0) is 14.4 Å². The minimum Gasteiger partial charge on any atom is -0.478 e. The maximum atomic E-state index is 12.4. The third-order valence-corrected chi connectivity index (χ3v) is 4.21. The summed E-state index contributed by atoms with van der Waals surface area (Å²) in [5.41, 5.74) is 2.34. The van der Waals surface area contributed by atoms with Gasteiger partial charge in [0.05, 0.1) is 18.7 Å². The van der Waals surface area contributed by atoms with E-state index in [1.165, 1.54) is 11.9 Å². The molecule has 7 heteroatoms. The minimum absolute atomic E-state index is 0.113. The molecule has 0 bridgehead atoms. The summed E-state index contributed by atoms with van der Waals surface area (Å²) in [6.07, 6.45) is -1.07. The van der Waals surface area contributed by atoms with Crippen LogP contribution in [0.25, 0.3) is 0 Å². The van der Waals surface area contributed by atoms with Crippen LogP contribution in [0.2, 0.25) is 0 Å². The Kier molecular flexibility index (Phi) is 5.40. The van der Waals surface area contributed by atoms with Crippen molar-refractivity contribution in [3.8, 4) is 5.75 Å². The van der Waals surface area contributed by atoms with E-state index in [4.69, 9.17) is 4.74 Å². The van der Waals surface area contributed by atoms with Gasteiger partial charge in [0, 0.05) is 12.7 Å². The Labute approximate surface area is 157 Å². The van der Waals surface area contributed by atoms with Crippen molar-refractivity contribution < 1.29 is 19.1 Å². The highest BCUT2D eigenvalue weighted by molar-refractivity contribution is 6.00. The zero-order valence-electron chi connectivity index (χ0n) is 15.2. The molecule has 3 rings (SSSR count). The van der Waals surface area contributed by atoms with Gasteiger partial charge < -0.3 is 20.3 Å². The van der Waals surface area contributed by atoms with Crippen molar-refractivity contribution in [3.05, 3.63) is 54.1 Å². The van der Waals surface area contributed by atoms with E-state index in [2.05, 4.69) is 10.6 Å². The van der Waals surface area contributed by atoms with Crippen molar-refractivity contribution in [1.82, 2.24) is 4.90 Å². The van der Waals surface area contributed by atoms with E-state index >= 15 is 0 Å². The van der Waals surface area contributed by atoms with E-state index in [9.17, 15) is 14.4 Å². The summed E-state index contributed by atoms with van der Waals surface area (Å²) >= 11 is 0. The number of aryl methyl sites for hydroxylation is 1. The summed E-state index contributed by atoms with van der Waals surface area (Å²) < 4.78 is 5.62. The lowest BCUT2D eigenvalue weighted by atomic mass is 10.1. The fourth-order valence-corrected chi connectivity index (χ4v) is 2.68. The number of anilines is 2. The standard InChI is InChI=1S/C20H21N3O4/c1-13-7-9-14(10-8-13)21-18(24)12-23(2)19(25)11-17-20(26)22-15-5-3-4-6-16(15)27-17/h3-10,17H,11-12H2,1-2H3,(H,21,24)(H,22,26)/t17-/m0/s1. The van der Waals surface area contributed by atoms with Crippen LogP contribution in [0.3, 0.4) is 0 Å². The number of carbonyl (C=O) groups excluding carboxylic acids is 3. The second-order valence-electron chi connectivity index (χ2n) is 6.46. The van der Waals surface area contributed by atoms with Crippen LogP contribution in [-0.4, -0.2) is 42.3 Å². The number of amides is 3. The molecule has 0 radical (unpaired) electrons. The lowest BCUT2D eigenvalue weighted by Crippen LogP contribution is -2.43. The Bertz CT molecular complexity index is 864. The Hall–Kier alpha value is -3.35. The predicted molar refractivity (Wildman–Crippen MR) is 102 cm³/mol. The third kappa shape index (κ3) is 4.63. The number of likely N-dealkylation sites (N-methyl/N-ethyl adjacent to an activating group) is 1. The molecule has 0 unspecified atom stereocenters. The first kappa shape index (κ1) is 18.4. The lowest BCUT2D eigenvalue weighted by Gasteiger charge is -2.26. The number of para-hydroxylation sites is 2. The summed E-state index contributed by atoms with van der Waals surface area (Å²) in [4.78, 5) is 37.9. The fourth-order valence-electron chi connectivity index (χ4n) is 2.68. The summed E-state index contributed by atoms with van der Waals surface area (Å²) in [6, 6.07) is 14.4. The number of nitrogens with zero attached hydrogens (tertiary/aromatic N) is 1. The minimum atomic E-state index is -0.921. The van der Waals surface area contributed by atoms with E-state index in [1.54, 1.807) is 36.4 Å². The first-order valence-electron chi connectivity index (χ1n) is 8.59. The summed E-state index contributed by atoms with van der Waals surface area (Å²) in [7, 11) is 1.52. The van der Waals surface area contributed by atoms with Gasteiger partial charge in [-0.25, -0.2) is 0 Å². The quantitative estimate of drug-likeness (QED) is 0.848. The Morgan fingerprint density at radius 1 is 1.15 bits per heavy atom. The average molecular weight is 367 g/mol. The normalized spacial score (nSPS) is 15.2. The predicted octanol–water partition coefficient (Wildman–Crippen LogP) is 2.18. The first-order valence-corrected chi connectivity index (χ1v) is 8.59. The van der Waals surface area contributed by atoms with Gasteiger partial charge in [0.2, 0.25) is 11.8 Å². The largest absolute Gasteiger partial charge is 0.478 e.